The average Bonchev–Trinajstić information content (AvgIpc) is 2.60. The number of hydrazone groups is 1. The number of nitrogens with one attached hydrogen (secondary N) is 1. The van der Waals surface area contributed by atoms with Gasteiger partial charge in [-0.3, -0.25) is 5.43 Å². The SMILES string of the molecule is CCOC(=O)/C(CSCc1ccccc1)=N\Nc1ccccc1. The van der Waals surface area contributed by atoms with Gasteiger partial charge in [-0.15, -0.1) is 0 Å². The maximum atomic E-state index is 12.0. The molecule has 0 radical (unpaired) electrons. The van der Waals surface area contributed by atoms with Gasteiger partial charge in [0.05, 0.1) is 12.3 Å². The van der Waals surface area contributed by atoms with Crippen LogP contribution >= 0.6 is 11.8 Å². The van der Waals surface area contributed by atoms with Gasteiger partial charge in [0.15, 0.2) is 5.71 Å². The fourth-order valence-electron chi connectivity index (χ4n) is 1.84. The van der Waals surface area contributed by atoms with Crippen molar-refractivity contribution >= 4 is 29.1 Å². The Morgan fingerprint density at radius 2 is 1.74 bits per heavy atom. The number of hydrogen-bond donors (Lipinski definition) is 1. The molecule has 0 saturated carbocycles. The van der Waals surface area contributed by atoms with Gasteiger partial charge in [0.1, 0.15) is 0 Å². The first-order valence-electron chi connectivity index (χ1n) is 7.46. The van der Waals surface area contributed by atoms with Crippen LogP contribution in [0.1, 0.15) is 12.5 Å². The molecule has 2 aromatic carbocycles. The van der Waals surface area contributed by atoms with Crippen molar-refractivity contribution in [2.75, 3.05) is 17.8 Å². The summed E-state index contributed by atoms with van der Waals surface area (Å²) in [6.07, 6.45) is 0. The third-order valence-corrected chi connectivity index (χ3v) is 3.97. The van der Waals surface area contributed by atoms with Crippen molar-refractivity contribution in [2.45, 2.75) is 12.7 Å². The Balaban J connectivity index is 1.95. The zero-order valence-corrected chi connectivity index (χ0v) is 13.9. The Kier molecular flexibility index (Phi) is 7.20. The molecule has 0 aromatic heterocycles. The van der Waals surface area contributed by atoms with Gasteiger partial charge >= 0.3 is 5.97 Å². The minimum atomic E-state index is -0.378. The third kappa shape index (κ3) is 6.16. The van der Waals surface area contributed by atoms with Gasteiger partial charge in [0, 0.05) is 11.5 Å². The molecule has 0 spiro atoms. The lowest BCUT2D eigenvalue weighted by atomic mass is 10.2. The van der Waals surface area contributed by atoms with E-state index >= 15 is 0 Å². The zero-order valence-electron chi connectivity index (χ0n) is 13.1. The van der Waals surface area contributed by atoms with Crippen molar-refractivity contribution in [3.05, 3.63) is 66.2 Å². The number of carbonyl (C=O) groups excluding carboxylic acids is 1. The van der Waals surface area contributed by atoms with Crippen LogP contribution in [-0.2, 0) is 15.3 Å². The zero-order chi connectivity index (χ0) is 16.3. The Hall–Kier alpha value is -2.27. The van der Waals surface area contributed by atoms with Crippen LogP contribution in [0, 0.1) is 0 Å². The highest BCUT2D eigenvalue weighted by Gasteiger charge is 2.13. The molecule has 0 amide bonds. The molecule has 5 heteroatoms. The summed E-state index contributed by atoms with van der Waals surface area (Å²) in [7, 11) is 0. The van der Waals surface area contributed by atoms with Gasteiger partial charge in [-0.25, -0.2) is 4.79 Å². The second-order valence-electron chi connectivity index (χ2n) is 4.74. The van der Waals surface area contributed by atoms with Crippen molar-refractivity contribution in [1.82, 2.24) is 0 Å². The van der Waals surface area contributed by atoms with Gasteiger partial charge in [-0.05, 0) is 24.6 Å². The fourth-order valence-corrected chi connectivity index (χ4v) is 2.74. The molecule has 0 aliphatic carbocycles. The van der Waals surface area contributed by atoms with E-state index in [2.05, 4.69) is 22.7 Å². The maximum Gasteiger partial charge on any atom is 0.355 e. The number of rotatable bonds is 8. The Morgan fingerprint density at radius 1 is 1.09 bits per heavy atom. The molecule has 120 valence electrons. The van der Waals surface area contributed by atoms with Crippen molar-refractivity contribution < 1.29 is 9.53 Å². The van der Waals surface area contributed by atoms with Crippen LogP contribution in [0.4, 0.5) is 5.69 Å². The van der Waals surface area contributed by atoms with Gasteiger partial charge < -0.3 is 4.74 Å². The Morgan fingerprint density at radius 3 is 2.39 bits per heavy atom. The first-order chi connectivity index (χ1) is 11.3. The van der Waals surface area contributed by atoms with Gasteiger partial charge in [-0.1, -0.05) is 48.5 Å². The summed E-state index contributed by atoms with van der Waals surface area (Å²) < 4.78 is 5.07. The van der Waals surface area contributed by atoms with E-state index in [9.17, 15) is 4.79 Å². The van der Waals surface area contributed by atoms with Crippen LogP contribution in [0.15, 0.2) is 65.8 Å². The first-order valence-corrected chi connectivity index (χ1v) is 8.61. The Bertz CT molecular complexity index is 630. The third-order valence-electron chi connectivity index (χ3n) is 2.96. The van der Waals surface area contributed by atoms with Crippen LogP contribution in [-0.4, -0.2) is 24.0 Å². The van der Waals surface area contributed by atoms with Crippen LogP contribution in [0.2, 0.25) is 0 Å². The highest BCUT2D eigenvalue weighted by molar-refractivity contribution is 7.99. The number of thioether (sulfide) groups is 1. The maximum absolute atomic E-state index is 12.0. The number of anilines is 1. The lowest BCUT2D eigenvalue weighted by Gasteiger charge is -2.07. The number of hydrogen-bond acceptors (Lipinski definition) is 5. The van der Waals surface area contributed by atoms with Crippen LogP contribution < -0.4 is 5.43 Å². The van der Waals surface area contributed by atoms with E-state index in [-0.39, 0.29) is 5.97 Å². The molecule has 0 unspecified atom stereocenters. The van der Waals surface area contributed by atoms with E-state index in [1.165, 1.54) is 5.56 Å². The molecule has 0 fully saturated rings. The summed E-state index contributed by atoms with van der Waals surface area (Å²) in [5, 5.41) is 4.21. The highest BCUT2D eigenvalue weighted by atomic mass is 32.2. The topological polar surface area (TPSA) is 50.7 Å². The number of ether oxygens (including phenoxy) is 1. The number of para-hydroxylation sites is 1. The lowest BCUT2D eigenvalue weighted by Crippen LogP contribution is -2.21. The molecular formula is C18H20N2O2S. The second kappa shape index (κ2) is 9.69. The van der Waals surface area contributed by atoms with Crippen LogP contribution in [0.5, 0.6) is 0 Å². The Labute approximate surface area is 140 Å². The first kappa shape index (κ1) is 17.1. The summed E-state index contributed by atoms with van der Waals surface area (Å²) in [5.41, 5.74) is 5.35. The summed E-state index contributed by atoms with van der Waals surface area (Å²) in [6, 6.07) is 19.7. The molecule has 0 saturated heterocycles. The largest absolute Gasteiger partial charge is 0.461 e. The molecule has 0 atom stereocenters. The van der Waals surface area contributed by atoms with E-state index in [1.54, 1.807) is 18.7 Å². The van der Waals surface area contributed by atoms with E-state index < -0.39 is 0 Å². The lowest BCUT2D eigenvalue weighted by molar-refractivity contribution is -0.135. The van der Waals surface area contributed by atoms with Crippen molar-refractivity contribution in [1.29, 1.82) is 0 Å². The number of carbonyl (C=O) groups is 1. The summed E-state index contributed by atoms with van der Waals surface area (Å²) >= 11 is 1.63. The number of esters is 1. The minimum Gasteiger partial charge on any atom is -0.461 e. The van der Waals surface area contributed by atoms with E-state index in [0.29, 0.717) is 18.1 Å². The molecular weight excluding hydrogens is 308 g/mol. The van der Waals surface area contributed by atoms with Crippen molar-refractivity contribution in [3.63, 3.8) is 0 Å². The number of nitrogens with zero attached hydrogens (tertiary/aromatic N) is 1. The molecule has 1 N–H and O–H groups in total. The standard InChI is InChI=1S/C18H20N2O2S/c1-2-22-18(21)17(20-19-16-11-7-4-8-12-16)14-23-13-15-9-5-3-6-10-15/h3-12,19H,2,13-14H2,1H3/b20-17-. The highest BCUT2D eigenvalue weighted by Crippen LogP contribution is 2.13. The molecule has 0 aliphatic rings. The van der Waals surface area contributed by atoms with E-state index in [4.69, 9.17) is 4.74 Å². The predicted molar refractivity (Wildman–Crippen MR) is 96.7 cm³/mol. The summed E-state index contributed by atoms with van der Waals surface area (Å²) in [6.45, 7) is 2.13. The normalized spacial score (nSPS) is 11.1. The molecule has 0 aliphatic heterocycles. The van der Waals surface area contributed by atoms with E-state index in [1.807, 2.05) is 48.5 Å². The average molecular weight is 328 g/mol. The summed E-state index contributed by atoms with van der Waals surface area (Å²) in [5.74, 6) is 0.939. The molecule has 4 nitrogen and oxygen atoms in total. The molecule has 0 bridgehead atoms. The van der Waals surface area contributed by atoms with Gasteiger partial charge in [0.25, 0.3) is 0 Å². The smallest absolute Gasteiger partial charge is 0.355 e. The predicted octanol–water partition coefficient (Wildman–Crippen LogP) is 3.95. The van der Waals surface area contributed by atoms with E-state index in [0.717, 1.165) is 11.4 Å². The summed E-state index contributed by atoms with van der Waals surface area (Å²) in [4.78, 5) is 12.0. The molecule has 2 aromatic rings. The molecule has 23 heavy (non-hydrogen) atoms. The van der Waals surface area contributed by atoms with Gasteiger partial charge in [0.2, 0.25) is 0 Å². The fraction of sp³-hybridized carbons (Fsp3) is 0.222. The van der Waals surface area contributed by atoms with Gasteiger partial charge in [-0.2, -0.15) is 16.9 Å². The molecule has 0 heterocycles. The van der Waals surface area contributed by atoms with Crippen LogP contribution in [0.25, 0.3) is 0 Å². The quantitative estimate of drug-likeness (QED) is 0.453. The van der Waals surface area contributed by atoms with Crippen molar-refractivity contribution in [3.8, 4) is 0 Å². The minimum absolute atomic E-state index is 0.340. The van der Waals surface area contributed by atoms with Crippen molar-refractivity contribution in [2.24, 2.45) is 5.10 Å². The monoisotopic (exact) mass is 328 g/mol. The second-order valence-corrected chi connectivity index (χ2v) is 5.72. The van der Waals surface area contributed by atoms with Crippen LogP contribution in [0.3, 0.4) is 0 Å². The number of benzene rings is 2. The molecule has 2 rings (SSSR count).